The van der Waals surface area contributed by atoms with Gasteiger partial charge in [-0.25, -0.2) is 4.98 Å². The van der Waals surface area contributed by atoms with Gasteiger partial charge in [0.1, 0.15) is 5.75 Å². The maximum atomic E-state index is 12.9. The summed E-state index contributed by atoms with van der Waals surface area (Å²) in [5.41, 5.74) is 2.38. The van der Waals surface area contributed by atoms with E-state index in [1.54, 1.807) is 31.6 Å². The monoisotopic (exact) mass is 474 g/mol. The summed E-state index contributed by atoms with van der Waals surface area (Å²) in [6, 6.07) is 11.1. The third kappa shape index (κ3) is 3.20. The van der Waals surface area contributed by atoms with Crippen molar-refractivity contribution < 1.29 is 13.9 Å². The van der Waals surface area contributed by atoms with Gasteiger partial charge in [0.25, 0.3) is 5.91 Å². The summed E-state index contributed by atoms with van der Waals surface area (Å²) in [6.45, 7) is 0. The van der Waals surface area contributed by atoms with Crippen LogP contribution in [0, 0.1) is 5.41 Å². The summed E-state index contributed by atoms with van der Waals surface area (Å²) in [5, 5.41) is 17.3. The van der Waals surface area contributed by atoms with Gasteiger partial charge in [-0.2, -0.15) is 15.1 Å². The Balaban J connectivity index is 1.44. The SMILES string of the molecule is COc1ccc(-c2nc3sccn3c2/C=C2\C(=N)N3N=C(c4ccco4)SC3=NC2=O)cc1. The van der Waals surface area contributed by atoms with E-state index in [2.05, 4.69) is 10.1 Å². The van der Waals surface area contributed by atoms with E-state index in [9.17, 15) is 4.79 Å². The molecule has 2 aliphatic heterocycles. The van der Waals surface area contributed by atoms with Crippen LogP contribution in [0.3, 0.4) is 0 Å². The molecular formula is C22H14N6O3S2. The number of hydrogen-bond acceptors (Lipinski definition) is 8. The van der Waals surface area contributed by atoms with Crippen LogP contribution in [0.4, 0.5) is 0 Å². The number of amides is 1. The number of aromatic nitrogens is 2. The molecule has 0 aliphatic carbocycles. The van der Waals surface area contributed by atoms with Crippen LogP contribution in [-0.4, -0.2) is 43.5 Å². The Hall–Kier alpha value is -3.96. The first kappa shape index (κ1) is 19.7. The van der Waals surface area contributed by atoms with Gasteiger partial charge in [0, 0.05) is 17.1 Å². The number of thioether (sulfide) groups is 1. The molecule has 5 heterocycles. The lowest BCUT2D eigenvalue weighted by atomic mass is 10.1. The Morgan fingerprint density at radius 3 is 2.82 bits per heavy atom. The number of benzene rings is 1. The number of ether oxygens (including phenoxy) is 1. The average molecular weight is 475 g/mol. The summed E-state index contributed by atoms with van der Waals surface area (Å²) in [6.07, 6.45) is 5.09. The van der Waals surface area contributed by atoms with Crippen LogP contribution >= 0.6 is 23.1 Å². The summed E-state index contributed by atoms with van der Waals surface area (Å²) in [5.74, 6) is 0.744. The van der Waals surface area contributed by atoms with Crippen molar-refractivity contribution >= 4 is 56.1 Å². The molecule has 6 rings (SSSR count). The molecule has 0 saturated heterocycles. The molecule has 33 heavy (non-hydrogen) atoms. The molecule has 1 N–H and O–H groups in total. The number of hydrazone groups is 1. The van der Waals surface area contributed by atoms with Crippen LogP contribution in [-0.2, 0) is 4.79 Å². The number of thiazole rings is 1. The summed E-state index contributed by atoms with van der Waals surface area (Å²) in [4.78, 5) is 22.6. The lowest BCUT2D eigenvalue weighted by Gasteiger charge is -2.20. The molecule has 1 amide bonds. The van der Waals surface area contributed by atoms with E-state index in [0.29, 0.717) is 27.4 Å². The molecule has 1 aromatic carbocycles. The predicted octanol–water partition coefficient (Wildman–Crippen LogP) is 4.33. The number of furan rings is 1. The van der Waals surface area contributed by atoms with E-state index in [-0.39, 0.29) is 11.4 Å². The highest BCUT2D eigenvalue weighted by molar-refractivity contribution is 8.27. The number of imidazole rings is 1. The standard InChI is InChI=1S/C22H14N6O3S2/c1-30-13-6-4-12(5-7-13)17-15(27-8-10-32-21(27)24-17)11-14-18(23)28-22(25-19(14)29)33-20(26-28)16-3-2-9-31-16/h2-11,23H,1H3/b14-11+,23-18?. The van der Waals surface area contributed by atoms with Crippen LogP contribution in [0.25, 0.3) is 22.3 Å². The number of carbonyl (C=O) groups excluding carboxylic acids is 1. The zero-order valence-corrected chi connectivity index (χ0v) is 18.7. The van der Waals surface area contributed by atoms with Crippen molar-refractivity contribution in [2.45, 2.75) is 0 Å². The second kappa shape index (κ2) is 7.57. The molecule has 0 fully saturated rings. The Bertz CT molecular complexity index is 1510. The van der Waals surface area contributed by atoms with Crippen molar-refractivity contribution in [1.29, 1.82) is 5.41 Å². The van der Waals surface area contributed by atoms with E-state index < -0.39 is 5.91 Å². The molecule has 0 radical (unpaired) electrons. The molecule has 4 aromatic rings. The minimum atomic E-state index is -0.500. The number of nitrogens with one attached hydrogen (secondary N) is 1. The van der Waals surface area contributed by atoms with E-state index in [1.165, 1.54) is 28.1 Å². The lowest BCUT2D eigenvalue weighted by Crippen LogP contribution is -2.35. The molecule has 0 atom stereocenters. The first-order valence-corrected chi connectivity index (χ1v) is 11.5. The fraction of sp³-hybridized carbons (Fsp3) is 0.0455. The average Bonchev–Trinajstić information content (AvgIpc) is 3.61. The normalized spacial score (nSPS) is 17.0. The van der Waals surface area contributed by atoms with Gasteiger partial charge in [-0.05, 0) is 54.2 Å². The summed E-state index contributed by atoms with van der Waals surface area (Å²) >= 11 is 2.68. The Morgan fingerprint density at radius 2 is 2.06 bits per heavy atom. The minimum Gasteiger partial charge on any atom is -0.497 e. The number of hydrogen-bond donors (Lipinski definition) is 1. The third-order valence-electron chi connectivity index (χ3n) is 5.13. The van der Waals surface area contributed by atoms with Gasteiger partial charge in [0.05, 0.1) is 30.3 Å². The molecule has 3 aromatic heterocycles. The van der Waals surface area contributed by atoms with Crippen molar-refractivity contribution in [3.05, 3.63) is 71.3 Å². The molecule has 0 bridgehead atoms. The largest absolute Gasteiger partial charge is 0.497 e. The van der Waals surface area contributed by atoms with Crippen LogP contribution in [0.15, 0.2) is 74.3 Å². The van der Waals surface area contributed by atoms with Gasteiger partial charge in [-0.15, -0.1) is 11.3 Å². The van der Waals surface area contributed by atoms with Crippen LogP contribution in [0.5, 0.6) is 5.75 Å². The maximum absolute atomic E-state index is 12.9. The van der Waals surface area contributed by atoms with Crippen molar-refractivity contribution in [2.24, 2.45) is 10.1 Å². The lowest BCUT2D eigenvalue weighted by molar-refractivity contribution is -0.114. The molecular weight excluding hydrogens is 460 g/mol. The van der Waals surface area contributed by atoms with Gasteiger partial charge in [0.2, 0.25) is 5.17 Å². The van der Waals surface area contributed by atoms with Crippen molar-refractivity contribution in [1.82, 2.24) is 14.4 Å². The van der Waals surface area contributed by atoms with E-state index in [1.807, 2.05) is 40.2 Å². The highest BCUT2D eigenvalue weighted by Crippen LogP contribution is 2.33. The fourth-order valence-electron chi connectivity index (χ4n) is 3.53. The molecule has 0 spiro atoms. The van der Waals surface area contributed by atoms with Crippen LogP contribution in [0.2, 0.25) is 0 Å². The topological polar surface area (TPSA) is 109 Å². The van der Waals surface area contributed by atoms with E-state index in [0.717, 1.165) is 16.3 Å². The maximum Gasteiger partial charge on any atom is 0.283 e. The Labute approximate surface area is 195 Å². The van der Waals surface area contributed by atoms with Gasteiger partial charge in [-0.1, -0.05) is 0 Å². The molecule has 11 heteroatoms. The zero-order chi connectivity index (χ0) is 22.5. The quantitative estimate of drug-likeness (QED) is 0.441. The number of rotatable bonds is 4. The number of methoxy groups -OCH3 is 1. The number of nitrogens with zero attached hydrogens (tertiary/aromatic N) is 5. The zero-order valence-electron chi connectivity index (χ0n) is 17.1. The first-order chi connectivity index (χ1) is 16.1. The predicted molar refractivity (Wildman–Crippen MR) is 128 cm³/mol. The van der Waals surface area contributed by atoms with E-state index >= 15 is 0 Å². The molecule has 162 valence electrons. The second-order valence-corrected chi connectivity index (χ2v) is 8.86. The van der Waals surface area contributed by atoms with Crippen LogP contribution < -0.4 is 4.74 Å². The van der Waals surface area contributed by atoms with Gasteiger partial charge in [0.15, 0.2) is 21.6 Å². The van der Waals surface area contributed by atoms with Crippen molar-refractivity contribution in [3.63, 3.8) is 0 Å². The van der Waals surface area contributed by atoms with Crippen LogP contribution in [0.1, 0.15) is 11.5 Å². The number of carbonyl (C=O) groups is 1. The van der Waals surface area contributed by atoms with Crippen molar-refractivity contribution in [2.75, 3.05) is 7.11 Å². The van der Waals surface area contributed by atoms with Gasteiger partial charge >= 0.3 is 0 Å². The second-order valence-electron chi connectivity index (χ2n) is 7.03. The highest BCUT2D eigenvalue weighted by Gasteiger charge is 2.37. The number of aliphatic imine (C=N–C) groups is 1. The first-order valence-electron chi connectivity index (χ1n) is 9.76. The van der Waals surface area contributed by atoms with Gasteiger partial charge < -0.3 is 9.15 Å². The van der Waals surface area contributed by atoms with Gasteiger partial charge in [-0.3, -0.25) is 14.6 Å². The number of amidine groups is 2. The third-order valence-corrected chi connectivity index (χ3v) is 6.81. The summed E-state index contributed by atoms with van der Waals surface area (Å²) < 4.78 is 12.5. The Morgan fingerprint density at radius 1 is 1.21 bits per heavy atom. The number of fused-ring (bicyclic) bond motifs is 2. The molecule has 0 unspecified atom stereocenters. The van der Waals surface area contributed by atoms with E-state index in [4.69, 9.17) is 19.5 Å². The Kier molecular flexibility index (Phi) is 4.52. The highest BCUT2D eigenvalue weighted by atomic mass is 32.2. The van der Waals surface area contributed by atoms with Crippen molar-refractivity contribution in [3.8, 4) is 17.0 Å². The smallest absolute Gasteiger partial charge is 0.283 e. The molecule has 0 saturated carbocycles. The molecule has 9 nitrogen and oxygen atoms in total. The fourth-order valence-corrected chi connectivity index (χ4v) is 5.11. The summed E-state index contributed by atoms with van der Waals surface area (Å²) in [7, 11) is 1.61. The molecule has 2 aliphatic rings. The minimum absolute atomic E-state index is 0.0510.